The molecule has 0 saturated carbocycles. The average molecular weight is 680 g/mol. The molecule has 0 bridgehead atoms. The van der Waals surface area contributed by atoms with Crippen LogP contribution < -0.4 is 4.90 Å². The van der Waals surface area contributed by atoms with Gasteiger partial charge in [0, 0.05) is 42.5 Å². The molecule has 0 fully saturated rings. The van der Waals surface area contributed by atoms with E-state index in [9.17, 15) is 0 Å². The van der Waals surface area contributed by atoms with Crippen molar-refractivity contribution in [3.63, 3.8) is 0 Å². The van der Waals surface area contributed by atoms with E-state index in [0.717, 1.165) is 17.1 Å². The van der Waals surface area contributed by atoms with Crippen molar-refractivity contribution in [2.24, 2.45) is 0 Å². The summed E-state index contributed by atoms with van der Waals surface area (Å²) in [6.07, 6.45) is 0. The van der Waals surface area contributed by atoms with Gasteiger partial charge in [-0.05, 0) is 86.4 Å². The maximum atomic E-state index is 2.39. The molecule has 2 heteroatoms. The van der Waals surface area contributed by atoms with Crippen LogP contribution in [0.15, 0.2) is 200 Å². The van der Waals surface area contributed by atoms with E-state index >= 15 is 0 Å². The first-order valence-electron chi connectivity index (χ1n) is 17.8. The van der Waals surface area contributed by atoms with Crippen molar-refractivity contribution >= 4 is 70.1 Å². The van der Waals surface area contributed by atoms with Crippen LogP contribution in [-0.2, 0) is 0 Å². The second kappa shape index (κ2) is 12.7. The summed E-state index contributed by atoms with van der Waals surface area (Å²) in [5, 5.41) is 7.77. The molecule has 0 amide bonds. The summed E-state index contributed by atoms with van der Waals surface area (Å²) in [4.78, 5) is 2.39. The first-order chi connectivity index (χ1) is 25.8. The molecule has 9 aromatic carbocycles. The molecule has 0 unspecified atom stereocenters. The van der Waals surface area contributed by atoms with Gasteiger partial charge in [-0.25, -0.2) is 0 Å². The monoisotopic (exact) mass is 679 g/mol. The summed E-state index contributed by atoms with van der Waals surface area (Å²) >= 11 is 1.89. The summed E-state index contributed by atoms with van der Waals surface area (Å²) in [5.41, 5.74) is 10.6. The molecule has 0 N–H and O–H groups in total. The summed E-state index contributed by atoms with van der Waals surface area (Å²) < 4.78 is 2.69. The zero-order valence-electron chi connectivity index (χ0n) is 28.4. The van der Waals surface area contributed by atoms with E-state index in [1.807, 2.05) is 11.3 Å². The van der Waals surface area contributed by atoms with Gasteiger partial charge < -0.3 is 4.90 Å². The van der Waals surface area contributed by atoms with Crippen molar-refractivity contribution < 1.29 is 0 Å². The molecule has 10 aromatic rings. The predicted molar refractivity (Wildman–Crippen MR) is 225 cm³/mol. The quantitative estimate of drug-likeness (QED) is 0.169. The normalized spacial score (nSPS) is 11.5. The largest absolute Gasteiger partial charge is 0.310 e. The predicted octanol–water partition coefficient (Wildman–Crippen LogP) is 14.8. The Labute approximate surface area is 307 Å². The summed E-state index contributed by atoms with van der Waals surface area (Å²) in [7, 11) is 0. The van der Waals surface area contributed by atoms with Crippen LogP contribution in [-0.4, -0.2) is 0 Å². The van der Waals surface area contributed by atoms with Gasteiger partial charge in [-0.15, -0.1) is 11.3 Å². The second-order valence-electron chi connectivity index (χ2n) is 13.3. The molecule has 0 aliphatic carbocycles. The minimum Gasteiger partial charge on any atom is -0.310 e. The minimum absolute atomic E-state index is 1.11. The Morgan fingerprint density at radius 2 is 0.904 bits per heavy atom. The number of thiophene rings is 1. The van der Waals surface area contributed by atoms with E-state index in [0.29, 0.717) is 0 Å². The van der Waals surface area contributed by atoms with Gasteiger partial charge in [-0.2, -0.15) is 0 Å². The van der Waals surface area contributed by atoms with Crippen LogP contribution >= 0.6 is 11.3 Å². The first kappa shape index (κ1) is 30.4. The van der Waals surface area contributed by atoms with Crippen LogP contribution in [0.4, 0.5) is 17.1 Å². The highest BCUT2D eigenvalue weighted by molar-refractivity contribution is 7.26. The Hall–Kier alpha value is -6.48. The maximum Gasteiger partial charge on any atom is 0.0540 e. The van der Waals surface area contributed by atoms with Crippen LogP contribution in [0.2, 0.25) is 0 Å². The van der Waals surface area contributed by atoms with Gasteiger partial charge in [0.05, 0.1) is 5.69 Å². The third-order valence-corrected chi connectivity index (χ3v) is 11.5. The first-order valence-corrected chi connectivity index (χ1v) is 18.6. The van der Waals surface area contributed by atoms with Crippen LogP contribution in [0.1, 0.15) is 0 Å². The van der Waals surface area contributed by atoms with Gasteiger partial charge in [-0.3, -0.25) is 0 Å². The van der Waals surface area contributed by atoms with Crippen molar-refractivity contribution in [1.29, 1.82) is 0 Å². The lowest BCUT2D eigenvalue weighted by Crippen LogP contribution is -2.11. The smallest absolute Gasteiger partial charge is 0.0540 e. The lowest BCUT2D eigenvalue weighted by Gasteiger charge is -2.28. The van der Waals surface area contributed by atoms with Crippen LogP contribution in [0, 0.1) is 0 Å². The highest BCUT2D eigenvalue weighted by Gasteiger charge is 2.18. The minimum atomic E-state index is 1.11. The van der Waals surface area contributed by atoms with Gasteiger partial charge in [0.2, 0.25) is 0 Å². The highest BCUT2D eigenvalue weighted by atomic mass is 32.1. The van der Waals surface area contributed by atoms with Gasteiger partial charge in [0.25, 0.3) is 0 Å². The third kappa shape index (κ3) is 5.24. The van der Waals surface area contributed by atoms with Gasteiger partial charge in [-0.1, -0.05) is 158 Å². The maximum absolute atomic E-state index is 2.39. The highest BCUT2D eigenvalue weighted by Crippen LogP contribution is 2.43. The summed E-state index contributed by atoms with van der Waals surface area (Å²) in [5.74, 6) is 0. The molecule has 1 heterocycles. The number of nitrogens with zero attached hydrogens (tertiary/aromatic N) is 1. The molecule has 244 valence electrons. The molecular weight excluding hydrogens is 647 g/mol. The van der Waals surface area contributed by atoms with Crippen molar-refractivity contribution in [3.8, 4) is 33.4 Å². The van der Waals surface area contributed by atoms with E-state index in [4.69, 9.17) is 0 Å². The number of hydrogen-bond acceptors (Lipinski definition) is 2. The number of anilines is 3. The zero-order valence-corrected chi connectivity index (χ0v) is 29.2. The van der Waals surface area contributed by atoms with Crippen molar-refractivity contribution in [3.05, 3.63) is 200 Å². The number of rotatable bonds is 6. The van der Waals surface area contributed by atoms with Crippen LogP contribution in [0.25, 0.3) is 75.1 Å². The molecule has 0 spiro atoms. The molecule has 0 saturated heterocycles. The standard InChI is InChI=1S/C50H33NS/c1-2-11-36(12-3-1)44-16-6-8-19-48(44)51(41-30-25-37(26-31-41)43-18-10-14-35-13-4-5-15-42(35)43)40-28-23-34(24-29-40)39-22-21-38-27-32-46-45-17-7-9-20-49(45)52-50(46)47(38)33-39/h1-33H. The van der Waals surface area contributed by atoms with Crippen molar-refractivity contribution in [1.82, 2.24) is 0 Å². The fourth-order valence-corrected chi connectivity index (χ4v) is 8.94. The number of fused-ring (bicyclic) bond motifs is 6. The topological polar surface area (TPSA) is 3.24 Å². The van der Waals surface area contributed by atoms with E-state index in [1.165, 1.54) is 75.1 Å². The van der Waals surface area contributed by atoms with Crippen LogP contribution in [0.3, 0.4) is 0 Å². The molecule has 0 radical (unpaired) electrons. The number of hydrogen-bond donors (Lipinski definition) is 0. The van der Waals surface area contributed by atoms with E-state index < -0.39 is 0 Å². The lowest BCUT2D eigenvalue weighted by molar-refractivity contribution is 1.28. The molecule has 0 atom stereocenters. The van der Waals surface area contributed by atoms with E-state index in [-0.39, 0.29) is 0 Å². The average Bonchev–Trinajstić information content (AvgIpc) is 3.61. The Morgan fingerprint density at radius 1 is 0.327 bits per heavy atom. The van der Waals surface area contributed by atoms with Crippen LogP contribution in [0.5, 0.6) is 0 Å². The molecule has 0 aliphatic heterocycles. The molecule has 0 aliphatic rings. The summed E-state index contributed by atoms with van der Waals surface area (Å²) in [6, 6.07) is 72.8. The second-order valence-corrected chi connectivity index (χ2v) is 14.4. The Morgan fingerprint density at radius 3 is 1.73 bits per heavy atom. The Kier molecular flexibility index (Phi) is 7.41. The molecular formula is C50H33NS. The van der Waals surface area contributed by atoms with Gasteiger partial charge >= 0.3 is 0 Å². The Balaban J connectivity index is 1.08. The number of benzene rings is 9. The third-order valence-electron chi connectivity index (χ3n) is 10.3. The molecule has 10 rings (SSSR count). The molecule has 1 aromatic heterocycles. The van der Waals surface area contributed by atoms with Gasteiger partial charge in [0.15, 0.2) is 0 Å². The number of para-hydroxylation sites is 1. The van der Waals surface area contributed by atoms with Crippen molar-refractivity contribution in [2.45, 2.75) is 0 Å². The molecule has 52 heavy (non-hydrogen) atoms. The SMILES string of the molecule is c1ccc(-c2ccccc2N(c2ccc(-c3ccc4ccc5c6ccccc6sc5c4c3)cc2)c2ccc(-c3cccc4ccccc34)cc2)cc1. The fourth-order valence-electron chi connectivity index (χ4n) is 7.71. The van der Waals surface area contributed by atoms with Crippen molar-refractivity contribution in [2.75, 3.05) is 4.90 Å². The lowest BCUT2D eigenvalue weighted by atomic mass is 9.97. The zero-order chi connectivity index (χ0) is 34.4. The Bertz CT molecular complexity index is 2880. The van der Waals surface area contributed by atoms with Gasteiger partial charge in [0.1, 0.15) is 0 Å². The fraction of sp³-hybridized carbons (Fsp3) is 0. The van der Waals surface area contributed by atoms with E-state index in [1.54, 1.807) is 0 Å². The summed E-state index contributed by atoms with van der Waals surface area (Å²) in [6.45, 7) is 0. The van der Waals surface area contributed by atoms with E-state index in [2.05, 4.69) is 205 Å². The molecule has 1 nitrogen and oxygen atoms in total.